The van der Waals surface area contributed by atoms with Gasteiger partial charge < -0.3 is 10.1 Å². The number of carbonyl (C=O) groups is 1. The van der Waals surface area contributed by atoms with E-state index in [4.69, 9.17) is 4.74 Å². The van der Waals surface area contributed by atoms with Crippen LogP contribution in [0.4, 0.5) is 0 Å². The third kappa shape index (κ3) is 2.65. The topological polar surface area (TPSA) is 69.0 Å². The summed E-state index contributed by atoms with van der Waals surface area (Å²) in [5, 5.41) is 10.6. The van der Waals surface area contributed by atoms with Crippen molar-refractivity contribution in [2.45, 2.75) is 18.9 Å². The van der Waals surface area contributed by atoms with E-state index in [0.29, 0.717) is 5.69 Å². The number of rotatable bonds is 4. The molecule has 0 unspecified atom stereocenters. The molecule has 1 aliphatic heterocycles. The second-order valence-electron chi connectivity index (χ2n) is 3.93. The average molecular weight is 224 g/mol. The zero-order valence-electron chi connectivity index (χ0n) is 9.35. The highest BCUT2D eigenvalue weighted by Crippen LogP contribution is 2.08. The van der Waals surface area contributed by atoms with Crippen LogP contribution in [0.15, 0.2) is 6.20 Å². The zero-order valence-corrected chi connectivity index (χ0v) is 9.35. The van der Waals surface area contributed by atoms with Gasteiger partial charge in [-0.15, -0.1) is 5.10 Å². The van der Waals surface area contributed by atoms with Crippen molar-refractivity contribution in [3.63, 3.8) is 0 Å². The fraction of sp³-hybridized carbons (Fsp3) is 0.700. The van der Waals surface area contributed by atoms with Crippen molar-refractivity contribution in [2.75, 3.05) is 19.7 Å². The van der Waals surface area contributed by atoms with Crippen molar-refractivity contribution < 1.29 is 9.53 Å². The van der Waals surface area contributed by atoms with Gasteiger partial charge in [0, 0.05) is 7.05 Å². The Balaban J connectivity index is 1.81. The maximum atomic E-state index is 11.7. The minimum Gasteiger partial charge on any atom is -0.370 e. The minimum absolute atomic E-state index is 0.0639. The molecule has 2 rings (SSSR count). The lowest BCUT2D eigenvalue weighted by atomic mass is 10.1. The lowest BCUT2D eigenvalue weighted by molar-refractivity contribution is 0.0312. The standard InChI is InChI=1S/C10H16N4O2/c1-14-9(6-12-13-14)10(15)7-16-8-2-4-11-5-3-8/h6,8,11H,2-5,7H2,1H3. The maximum Gasteiger partial charge on any atom is 0.208 e. The molecule has 6 heteroatoms. The molecule has 16 heavy (non-hydrogen) atoms. The number of ketones is 1. The molecule has 0 spiro atoms. The van der Waals surface area contributed by atoms with E-state index in [9.17, 15) is 4.79 Å². The highest BCUT2D eigenvalue weighted by Gasteiger charge is 2.17. The van der Waals surface area contributed by atoms with Crippen LogP contribution >= 0.6 is 0 Å². The van der Waals surface area contributed by atoms with Gasteiger partial charge in [-0.1, -0.05) is 5.21 Å². The Bertz CT molecular complexity index is 357. The second kappa shape index (κ2) is 5.18. The number of aromatic nitrogens is 3. The van der Waals surface area contributed by atoms with Crippen LogP contribution in [-0.4, -0.2) is 46.6 Å². The van der Waals surface area contributed by atoms with Gasteiger partial charge in [0.25, 0.3) is 0 Å². The van der Waals surface area contributed by atoms with Crippen molar-refractivity contribution in [2.24, 2.45) is 7.05 Å². The Hall–Kier alpha value is -1.27. The minimum atomic E-state index is -0.0639. The molecule has 1 N–H and O–H groups in total. The van der Waals surface area contributed by atoms with Gasteiger partial charge in [-0.25, -0.2) is 4.68 Å². The van der Waals surface area contributed by atoms with Crippen molar-refractivity contribution >= 4 is 5.78 Å². The third-order valence-electron chi connectivity index (χ3n) is 2.74. The van der Waals surface area contributed by atoms with E-state index in [2.05, 4.69) is 15.6 Å². The van der Waals surface area contributed by atoms with Gasteiger partial charge in [0.05, 0.1) is 12.3 Å². The first-order valence-corrected chi connectivity index (χ1v) is 5.47. The fourth-order valence-electron chi connectivity index (χ4n) is 1.77. The highest BCUT2D eigenvalue weighted by molar-refractivity contribution is 5.95. The van der Waals surface area contributed by atoms with Gasteiger partial charge in [0.1, 0.15) is 12.3 Å². The Kier molecular flexibility index (Phi) is 3.63. The van der Waals surface area contributed by atoms with Gasteiger partial charge in [-0.05, 0) is 25.9 Å². The number of Topliss-reactive ketones (excluding diaryl/α,β-unsaturated/α-hetero) is 1. The molecule has 0 saturated carbocycles. The summed E-state index contributed by atoms with van der Waals surface area (Å²) >= 11 is 0. The number of piperidine rings is 1. The molecule has 6 nitrogen and oxygen atoms in total. The average Bonchev–Trinajstić information content (AvgIpc) is 2.74. The molecule has 1 saturated heterocycles. The number of hydrogen-bond acceptors (Lipinski definition) is 5. The van der Waals surface area contributed by atoms with Crippen LogP contribution in [-0.2, 0) is 11.8 Å². The fourth-order valence-corrected chi connectivity index (χ4v) is 1.77. The number of ether oxygens (including phenoxy) is 1. The number of nitrogens with zero attached hydrogens (tertiary/aromatic N) is 3. The summed E-state index contributed by atoms with van der Waals surface area (Å²) in [7, 11) is 1.70. The molecule has 1 aromatic rings. The lowest BCUT2D eigenvalue weighted by Crippen LogP contribution is -2.33. The number of hydrogen-bond donors (Lipinski definition) is 1. The molecule has 0 aliphatic carbocycles. The van der Waals surface area contributed by atoms with Crippen LogP contribution in [0, 0.1) is 0 Å². The lowest BCUT2D eigenvalue weighted by Gasteiger charge is -2.22. The molecule has 2 heterocycles. The summed E-state index contributed by atoms with van der Waals surface area (Å²) in [5.41, 5.74) is 0.494. The van der Waals surface area contributed by atoms with Gasteiger partial charge >= 0.3 is 0 Å². The van der Waals surface area contributed by atoms with Crippen LogP contribution in [0.5, 0.6) is 0 Å². The molecule has 1 aliphatic rings. The van der Waals surface area contributed by atoms with Crippen LogP contribution in [0.2, 0.25) is 0 Å². The van der Waals surface area contributed by atoms with E-state index in [1.807, 2.05) is 0 Å². The van der Waals surface area contributed by atoms with Crippen molar-refractivity contribution in [3.05, 3.63) is 11.9 Å². The van der Waals surface area contributed by atoms with Gasteiger partial charge in [-0.2, -0.15) is 0 Å². The van der Waals surface area contributed by atoms with Crippen molar-refractivity contribution in [1.82, 2.24) is 20.3 Å². The Labute approximate surface area is 94.0 Å². The van der Waals surface area contributed by atoms with E-state index >= 15 is 0 Å². The zero-order chi connectivity index (χ0) is 11.4. The normalized spacial score (nSPS) is 17.6. The second-order valence-corrected chi connectivity index (χ2v) is 3.93. The van der Waals surface area contributed by atoms with E-state index in [1.165, 1.54) is 10.9 Å². The summed E-state index contributed by atoms with van der Waals surface area (Å²) in [6, 6.07) is 0. The van der Waals surface area contributed by atoms with Crippen molar-refractivity contribution in [3.8, 4) is 0 Å². The molecule has 0 amide bonds. The molecule has 1 fully saturated rings. The predicted octanol–water partition coefficient (Wildman–Crippen LogP) is -0.234. The van der Waals surface area contributed by atoms with E-state index in [0.717, 1.165) is 25.9 Å². The summed E-state index contributed by atoms with van der Waals surface area (Å²) in [6.07, 6.45) is 3.61. The van der Waals surface area contributed by atoms with Gasteiger partial charge in [0.15, 0.2) is 0 Å². The van der Waals surface area contributed by atoms with Crippen LogP contribution in [0.25, 0.3) is 0 Å². The number of nitrogens with one attached hydrogen (secondary N) is 1. The Morgan fingerprint density at radius 3 is 3.00 bits per heavy atom. The first-order valence-electron chi connectivity index (χ1n) is 5.47. The molecular weight excluding hydrogens is 208 g/mol. The van der Waals surface area contributed by atoms with Gasteiger partial charge in [0.2, 0.25) is 5.78 Å². The molecular formula is C10H16N4O2. The van der Waals surface area contributed by atoms with Crippen molar-refractivity contribution in [1.29, 1.82) is 0 Å². The first-order chi connectivity index (χ1) is 7.77. The summed E-state index contributed by atoms with van der Waals surface area (Å²) < 4.78 is 7.03. The largest absolute Gasteiger partial charge is 0.370 e. The van der Waals surface area contributed by atoms with E-state index in [-0.39, 0.29) is 18.5 Å². The molecule has 0 radical (unpaired) electrons. The van der Waals surface area contributed by atoms with Crippen LogP contribution < -0.4 is 5.32 Å². The summed E-state index contributed by atoms with van der Waals surface area (Å²) in [6.45, 7) is 2.05. The quantitative estimate of drug-likeness (QED) is 0.715. The van der Waals surface area contributed by atoms with Crippen LogP contribution in [0.3, 0.4) is 0 Å². The van der Waals surface area contributed by atoms with E-state index < -0.39 is 0 Å². The highest BCUT2D eigenvalue weighted by atomic mass is 16.5. The molecule has 0 aromatic carbocycles. The van der Waals surface area contributed by atoms with Gasteiger partial charge in [-0.3, -0.25) is 4.79 Å². The predicted molar refractivity (Wildman–Crippen MR) is 57.2 cm³/mol. The first kappa shape index (κ1) is 11.2. The summed E-state index contributed by atoms with van der Waals surface area (Å²) in [4.78, 5) is 11.7. The molecule has 88 valence electrons. The molecule has 0 bridgehead atoms. The monoisotopic (exact) mass is 224 g/mol. The Morgan fingerprint density at radius 2 is 2.38 bits per heavy atom. The van der Waals surface area contributed by atoms with Crippen LogP contribution in [0.1, 0.15) is 23.3 Å². The molecule has 0 atom stereocenters. The Morgan fingerprint density at radius 1 is 1.62 bits per heavy atom. The third-order valence-corrected chi connectivity index (χ3v) is 2.74. The summed E-state index contributed by atoms with van der Waals surface area (Å²) in [5.74, 6) is -0.0639. The number of aryl methyl sites for hydroxylation is 1. The van der Waals surface area contributed by atoms with E-state index in [1.54, 1.807) is 7.05 Å². The molecule has 1 aromatic heterocycles. The number of carbonyl (C=O) groups excluding carboxylic acids is 1. The smallest absolute Gasteiger partial charge is 0.208 e. The maximum absolute atomic E-state index is 11.7. The SMILES string of the molecule is Cn1nncc1C(=O)COC1CCNCC1.